The van der Waals surface area contributed by atoms with E-state index in [2.05, 4.69) is 22.5 Å². The number of anilines is 1. The molecule has 2 rings (SSSR count). The molecule has 7 heteroatoms. The van der Waals surface area contributed by atoms with Crippen molar-refractivity contribution in [3.63, 3.8) is 0 Å². The van der Waals surface area contributed by atoms with Crippen LogP contribution in [0.5, 0.6) is 0 Å². The summed E-state index contributed by atoms with van der Waals surface area (Å²) in [4.78, 5) is 15.6. The standard InChI is InChI=1S/C17H23ClN4O2/c1-12(3-2-8-21-17(23)24-10-7-19)22-15-6-9-20-16-11-13(18)4-5-14(15)16/h4-6,9,11-12H,2-3,7-8,10,19H2,1H3,(H,20,22)(H,21,23). The zero-order valence-corrected chi connectivity index (χ0v) is 14.5. The first-order chi connectivity index (χ1) is 11.6. The van der Waals surface area contributed by atoms with E-state index in [1.54, 1.807) is 6.20 Å². The summed E-state index contributed by atoms with van der Waals surface area (Å²) in [6.45, 7) is 3.25. The normalized spacial score (nSPS) is 12.0. The van der Waals surface area contributed by atoms with Crippen LogP contribution in [-0.4, -0.2) is 36.8 Å². The van der Waals surface area contributed by atoms with Crippen LogP contribution in [0.4, 0.5) is 10.5 Å². The Bertz CT molecular complexity index is 681. The molecule has 0 saturated carbocycles. The van der Waals surface area contributed by atoms with Crippen LogP contribution in [0.1, 0.15) is 19.8 Å². The molecule has 130 valence electrons. The minimum Gasteiger partial charge on any atom is -0.448 e. The lowest BCUT2D eigenvalue weighted by molar-refractivity contribution is 0.149. The second-order valence-corrected chi connectivity index (χ2v) is 6.00. The maximum atomic E-state index is 11.3. The van der Waals surface area contributed by atoms with Crippen LogP contribution in [0.3, 0.4) is 0 Å². The van der Waals surface area contributed by atoms with Crippen molar-refractivity contribution < 1.29 is 9.53 Å². The summed E-state index contributed by atoms with van der Waals surface area (Å²) < 4.78 is 4.84. The number of benzene rings is 1. The number of nitrogens with two attached hydrogens (primary N) is 1. The number of amides is 1. The van der Waals surface area contributed by atoms with Crippen molar-refractivity contribution in [2.24, 2.45) is 5.73 Å². The topological polar surface area (TPSA) is 89.3 Å². The number of pyridine rings is 1. The van der Waals surface area contributed by atoms with Gasteiger partial charge in [-0.25, -0.2) is 4.79 Å². The molecule has 0 radical (unpaired) electrons. The van der Waals surface area contributed by atoms with E-state index in [0.717, 1.165) is 29.4 Å². The van der Waals surface area contributed by atoms with Crippen molar-refractivity contribution in [1.29, 1.82) is 0 Å². The molecule has 6 nitrogen and oxygen atoms in total. The van der Waals surface area contributed by atoms with E-state index in [9.17, 15) is 4.79 Å². The minimum absolute atomic E-state index is 0.239. The van der Waals surface area contributed by atoms with Gasteiger partial charge in [-0.2, -0.15) is 0 Å². The van der Waals surface area contributed by atoms with Gasteiger partial charge in [0.25, 0.3) is 0 Å². The number of carbonyl (C=O) groups excluding carboxylic acids is 1. The third-order valence-electron chi connectivity index (χ3n) is 3.54. The summed E-state index contributed by atoms with van der Waals surface area (Å²) in [6, 6.07) is 7.89. The third kappa shape index (κ3) is 5.54. The Hall–Kier alpha value is -2.05. The van der Waals surface area contributed by atoms with Gasteiger partial charge >= 0.3 is 6.09 Å². The Morgan fingerprint density at radius 2 is 2.25 bits per heavy atom. The second kappa shape index (κ2) is 9.30. The third-order valence-corrected chi connectivity index (χ3v) is 3.78. The monoisotopic (exact) mass is 350 g/mol. The van der Waals surface area contributed by atoms with Gasteiger partial charge < -0.3 is 21.1 Å². The highest BCUT2D eigenvalue weighted by molar-refractivity contribution is 6.31. The van der Waals surface area contributed by atoms with E-state index in [-0.39, 0.29) is 12.6 Å². The first kappa shape index (κ1) is 18.3. The van der Waals surface area contributed by atoms with Gasteiger partial charge in [0.1, 0.15) is 6.61 Å². The summed E-state index contributed by atoms with van der Waals surface area (Å²) in [7, 11) is 0. The lowest BCUT2D eigenvalue weighted by atomic mass is 10.1. The van der Waals surface area contributed by atoms with Crippen LogP contribution < -0.4 is 16.4 Å². The Kier molecular flexibility index (Phi) is 7.08. The van der Waals surface area contributed by atoms with Crippen molar-refractivity contribution in [3.8, 4) is 0 Å². The molecule has 4 N–H and O–H groups in total. The second-order valence-electron chi connectivity index (χ2n) is 5.56. The zero-order chi connectivity index (χ0) is 17.4. The molecular formula is C17H23ClN4O2. The lowest BCUT2D eigenvalue weighted by Crippen LogP contribution is -2.28. The zero-order valence-electron chi connectivity index (χ0n) is 13.7. The molecule has 0 saturated heterocycles. The fraction of sp³-hybridized carbons (Fsp3) is 0.412. The Morgan fingerprint density at radius 3 is 3.04 bits per heavy atom. The fourth-order valence-corrected chi connectivity index (χ4v) is 2.55. The molecule has 0 bridgehead atoms. The summed E-state index contributed by atoms with van der Waals surface area (Å²) in [5.41, 5.74) is 7.16. The smallest absolute Gasteiger partial charge is 0.407 e. The molecule has 1 unspecified atom stereocenters. The number of aromatic nitrogens is 1. The quantitative estimate of drug-likeness (QED) is 0.636. The molecule has 2 aromatic rings. The van der Waals surface area contributed by atoms with Crippen LogP contribution in [0, 0.1) is 0 Å². The molecule has 0 aliphatic carbocycles. The summed E-state index contributed by atoms with van der Waals surface area (Å²) in [5, 5.41) is 7.90. The number of alkyl carbamates (subject to hydrolysis) is 1. The Morgan fingerprint density at radius 1 is 1.42 bits per heavy atom. The highest BCUT2D eigenvalue weighted by Crippen LogP contribution is 2.25. The van der Waals surface area contributed by atoms with Gasteiger partial charge in [0.15, 0.2) is 0 Å². The van der Waals surface area contributed by atoms with Crippen LogP contribution >= 0.6 is 11.6 Å². The molecule has 0 aliphatic rings. The van der Waals surface area contributed by atoms with Crippen molar-refractivity contribution >= 4 is 34.3 Å². The number of ether oxygens (including phenoxy) is 1. The number of carbonyl (C=O) groups is 1. The van der Waals surface area contributed by atoms with E-state index in [0.29, 0.717) is 18.1 Å². The number of nitrogens with one attached hydrogen (secondary N) is 2. The predicted molar refractivity (Wildman–Crippen MR) is 97.5 cm³/mol. The molecule has 0 spiro atoms. The molecule has 1 aromatic heterocycles. The van der Waals surface area contributed by atoms with Gasteiger partial charge in [0, 0.05) is 41.4 Å². The number of hydrogen-bond donors (Lipinski definition) is 3. The van der Waals surface area contributed by atoms with Crippen molar-refractivity contribution in [1.82, 2.24) is 10.3 Å². The maximum Gasteiger partial charge on any atom is 0.407 e. The summed E-state index contributed by atoms with van der Waals surface area (Å²) in [6.07, 6.45) is 3.11. The van der Waals surface area contributed by atoms with Gasteiger partial charge in [-0.1, -0.05) is 11.6 Å². The van der Waals surface area contributed by atoms with Crippen LogP contribution in [-0.2, 0) is 4.74 Å². The molecule has 24 heavy (non-hydrogen) atoms. The van der Waals surface area contributed by atoms with Crippen LogP contribution in [0.2, 0.25) is 5.02 Å². The molecule has 0 aliphatic heterocycles. The van der Waals surface area contributed by atoms with Gasteiger partial charge in [-0.3, -0.25) is 4.98 Å². The van der Waals surface area contributed by atoms with E-state index in [4.69, 9.17) is 22.1 Å². The van der Waals surface area contributed by atoms with Gasteiger partial charge in [0.2, 0.25) is 0 Å². The molecule has 1 atom stereocenters. The SMILES string of the molecule is CC(CCCNC(=O)OCCN)Nc1ccnc2cc(Cl)ccc12. The predicted octanol–water partition coefficient (Wildman–Crippen LogP) is 3.15. The van der Waals surface area contributed by atoms with Gasteiger partial charge in [-0.05, 0) is 44.0 Å². The average Bonchev–Trinajstić information content (AvgIpc) is 2.56. The van der Waals surface area contributed by atoms with Crippen molar-refractivity contribution in [3.05, 3.63) is 35.5 Å². The van der Waals surface area contributed by atoms with Crippen molar-refractivity contribution in [2.45, 2.75) is 25.8 Å². The summed E-state index contributed by atoms with van der Waals surface area (Å²) >= 11 is 6.01. The highest BCUT2D eigenvalue weighted by Gasteiger charge is 2.07. The van der Waals surface area contributed by atoms with Gasteiger partial charge in [-0.15, -0.1) is 0 Å². The number of fused-ring (bicyclic) bond motifs is 1. The first-order valence-corrected chi connectivity index (χ1v) is 8.39. The fourth-order valence-electron chi connectivity index (χ4n) is 2.39. The average molecular weight is 351 g/mol. The molecule has 1 heterocycles. The van der Waals surface area contributed by atoms with E-state index < -0.39 is 6.09 Å². The Balaban J connectivity index is 1.80. The van der Waals surface area contributed by atoms with E-state index in [1.165, 1.54) is 0 Å². The minimum atomic E-state index is -0.418. The van der Waals surface area contributed by atoms with Crippen molar-refractivity contribution in [2.75, 3.05) is 25.0 Å². The largest absolute Gasteiger partial charge is 0.448 e. The highest BCUT2D eigenvalue weighted by atomic mass is 35.5. The molecule has 1 amide bonds. The Labute approximate surface area is 146 Å². The number of halogens is 1. The first-order valence-electron chi connectivity index (χ1n) is 8.01. The summed E-state index contributed by atoms with van der Waals surface area (Å²) in [5.74, 6) is 0. The molecular weight excluding hydrogens is 328 g/mol. The van der Waals surface area contributed by atoms with Crippen LogP contribution in [0.15, 0.2) is 30.5 Å². The molecule has 0 fully saturated rings. The lowest BCUT2D eigenvalue weighted by Gasteiger charge is -2.17. The van der Waals surface area contributed by atoms with E-state index >= 15 is 0 Å². The number of nitrogens with zero attached hydrogens (tertiary/aromatic N) is 1. The maximum absolute atomic E-state index is 11.3. The number of rotatable bonds is 8. The number of hydrogen-bond acceptors (Lipinski definition) is 5. The van der Waals surface area contributed by atoms with Crippen LogP contribution in [0.25, 0.3) is 10.9 Å². The van der Waals surface area contributed by atoms with Gasteiger partial charge in [0.05, 0.1) is 5.52 Å². The molecule has 1 aromatic carbocycles. The van der Waals surface area contributed by atoms with E-state index in [1.807, 2.05) is 24.3 Å².